The number of unbranched alkanes of at least 4 members (excludes halogenated alkanes) is 2. The van der Waals surface area contributed by atoms with Gasteiger partial charge in [0.15, 0.2) is 35.2 Å². The average Bonchev–Trinajstić information content (AvgIpc) is 3.05. The van der Waals surface area contributed by atoms with Crippen molar-refractivity contribution in [2.75, 3.05) is 28.4 Å². The van der Waals surface area contributed by atoms with Gasteiger partial charge in [-0.1, -0.05) is 26.7 Å². The highest BCUT2D eigenvalue weighted by molar-refractivity contribution is 5.90. The van der Waals surface area contributed by atoms with Gasteiger partial charge in [-0.15, -0.1) is 0 Å². The highest BCUT2D eigenvalue weighted by atomic mass is 16.6. The Morgan fingerprint density at radius 2 is 1.09 bits per heavy atom. The molecule has 2 atom stereocenters. The second-order valence-electron chi connectivity index (χ2n) is 9.68. The van der Waals surface area contributed by atoms with Crippen LogP contribution in [0.15, 0.2) is 34.5 Å². The molecule has 2 unspecified atom stereocenters. The third-order valence-electron chi connectivity index (χ3n) is 6.55. The van der Waals surface area contributed by atoms with Crippen LogP contribution in [0.25, 0.3) is 0 Å². The fourth-order valence-electron chi connectivity index (χ4n) is 4.14. The molecule has 46 heavy (non-hydrogen) atoms. The van der Waals surface area contributed by atoms with Gasteiger partial charge in [0.1, 0.15) is 0 Å². The minimum Gasteiger partial charge on any atom is -0.493 e. The van der Waals surface area contributed by atoms with Crippen LogP contribution in [0.4, 0.5) is 11.4 Å². The van der Waals surface area contributed by atoms with Crippen LogP contribution in [0, 0.1) is 20.2 Å². The minimum absolute atomic E-state index is 0.0172. The van der Waals surface area contributed by atoms with Crippen LogP contribution in [-0.4, -0.2) is 74.9 Å². The Labute approximate surface area is 265 Å². The molecule has 0 saturated carbocycles. The van der Waals surface area contributed by atoms with Crippen molar-refractivity contribution in [1.29, 1.82) is 0 Å². The number of non-ortho nitro benzene ring substituents is 2. The molecule has 0 fully saturated rings. The van der Waals surface area contributed by atoms with Crippen molar-refractivity contribution in [3.63, 3.8) is 0 Å². The number of nitro groups is 2. The zero-order chi connectivity index (χ0) is 34.2. The Kier molecular flexibility index (Phi) is 14.9. The lowest BCUT2D eigenvalue weighted by molar-refractivity contribution is -0.385. The van der Waals surface area contributed by atoms with Crippen LogP contribution < -0.4 is 18.9 Å². The van der Waals surface area contributed by atoms with E-state index in [9.17, 15) is 29.8 Å². The Balaban J connectivity index is 2.63. The number of esters is 2. The molecule has 0 aromatic heterocycles. The van der Waals surface area contributed by atoms with Crippen LogP contribution >= 0.6 is 0 Å². The van der Waals surface area contributed by atoms with E-state index in [1.165, 1.54) is 28.4 Å². The van der Waals surface area contributed by atoms with Gasteiger partial charge in [0.25, 0.3) is 11.4 Å². The Morgan fingerprint density at radius 3 is 1.37 bits per heavy atom. The van der Waals surface area contributed by atoms with Crippen molar-refractivity contribution in [1.82, 2.24) is 0 Å². The fourth-order valence-corrected chi connectivity index (χ4v) is 4.14. The number of nitrogens with zero attached hydrogens (tertiary/aromatic N) is 4. The number of rotatable bonds is 19. The van der Waals surface area contributed by atoms with E-state index in [0.29, 0.717) is 25.7 Å². The Morgan fingerprint density at radius 1 is 0.717 bits per heavy atom. The number of carbonyl (C=O) groups is 2. The molecule has 0 aliphatic rings. The molecule has 0 aliphatic heterocycles. The van der Waals surface area contributed by atoms with Crippen molar-refractivity contribution >= 4 is 35.7 Å². The maximum Gasteiger partial charge on any atom is 0.347 e. The summed E-state index contributed by atoms with van der Waals surface area (Å²) in [5.74, 6) is -1.40. The Hall–Kier alpha value is -5.28. The summed E-state index contributed by atoms with van der Waals surface area (Å²) in [6.45, 7) is 3.87. The molecule has 250 valence electrons. The van der Waals surface area contributed by atoms with E-state index >= 15 is 0 Å². The van der Waals surface area contributed by atoms with Gasteiger partial charge in [0.2, 0.25) is 0 Å². The predicted molar refractivity (Wildman–Crippen MR) is 166 cm³/mol. The van der Waals surface area contributed by atoms with Crippen molar-refractivity contribution in [3.8, 4) is 23.0 Å². The third-order valence-corrected chi connectivity index (χ3v) is 6.55. The summed E-state index contributed by atoms with van der Waals surface area (Å²) in [5, 5.41) is 31.2. The molecule has 16 nitrogen and oxygen atoms in total. The summed E-state index contributed by atoms with van der Waals surface area (Å²) >= 11 is 0. The molecular formula is C30H38N4O12. The standard InChI is InChI=1S/C30H38N4O12/c1-7-9-11-23(29(35)43-5)45-27-19(13-21(33(37)38)15-25(27)41-3)17-31-32-18-20-14-22(34(39)40)16-26(42-4)28(20)46-24(12-10-8-2)30(36)44-6/h13-18,23-24H,7-12H2,1-6H3/b31-17+,32-18+. The number of hydrogen-bond acceptors (Lipinski definition) is 14. The molecule has 0 saturated heterocycles. The van der Waals surface area contributed by atoms with Crippen LogP contribution in [-0.2, 0) is 19.1 Å². The first-order valence-electron chi connectivity index (χ1n) is 14.3. The lowest BCUT2D eigenvalue weighted by Gasteiger charge is -2.20. The lowest BCUT2D eigenvalue weighted by atomic mass is 10.1. The van der Waals surface area contributed by atoms with E-state index in [4.69, 9.17) is 28.4 Å². The van der Waals surface area contributed by atoms with Gasteiger partial charge in [-0.05, 0) is 25.7 Å². The van der Waals surface area contributed by atoms with Crippen LogP contribution in [0.1, 0.15) is 63.5 Å². The molecule has 0 spiro atoms. The monoisotopic (exact) mass is 646 g/mol. The normalized spacial score (nSPS) is 12.4. The van der Waals surface area contributed by atoms with Gasteiger partial charge in [-0.3, -0.25) is 20.2 Å². The number of nitro benzene ring substituents is 2. The third kappa shape index (κ3) is 10.1. The van der Waals surface area contributed by atoms with E-state index in [1.54, 1.807) is 0 Å². The SMILES string of the molecule is CCCCC(Oc1c(/C=N/N=C/c2cc([N+](=O)[O-])cc(OC)c2OC(CCCC)C(=O)OC)cc([N+](=O)[O-])cc1OC)C(=O)OC. The van der Waals surface area contributed by atoms with E-state index in [1.807, 2.05) is 13.8 Å². The van der Waals surface area contributed by atoms with E-state index in [2.05, 4.69) is 10.2 Å². The van der Waals surface area contributed by atoms with Crippen LogP contribution in [0.3, 0.4) is 0 Å². The highest BCUT2D eigenvalue weighted by Gasteiger charge is 2.27. The second-order valence-corrected chi connectivity index (χ2v) is 9.68. The topological polar surface area (TPSA) is 201 Å². The molecule has 0 N–H and O–H groups in total. The smallest absolute Gasteiger partial charge is 0.347 e. The minimum atomic E-state index is -1.04. The summed E-state index contributed by atoms with van der Waals surface area (Å²) in [6, 6.07) is 4.59. The number of ether oxygens (including phenoxy) is 6. The first-order valence-corrected chi connectivity index (χ1v) is 14.3. The summed E-state index contributed by atoms with van der Waals surface area (Å²) in [5.41, 5.74) is -0.602. The van der Waals surface area contributed by atoms with Crippen molar-refractivity contribution in [2.45, 2.75) is 64.6 Å². The van der Waals surface area contributed by atoms with E-state index < -0.39 is 34.0 Å². The van der Waals surface area contributed by atoms with Crippen molar-refractivity contribution in [3.05, 3.63) is 55.6 Å². The number of carbonyl (C=O) groups excluding carboxylic acids is 2. The molecule has 2 aromatic carbocycles. The summed E-state index contributed by atoms with van der Waals surface area (Å²) < 4.78 is 32.3. The maximum atomic E-state index is 12.4. The van der Waals surface area contributed by atoms with Gasteiger partial charge >= 0.3 is 11.9 Å². The zero-order valence-electron chi connectivity index (χ0n) is 26.5. The van der Waals surface area contributed by atoms with Gasteiger partial charge in [0, 0.05) is 23.3 Å². The highest BCUT2D eigenvalue weighted by Crippen LogP contribution is 2.38. The van der Waals surface area contributed by atoms with Crippen LogP contribution in [0.2, 0.25) is 0 Å². The summed E-state index contributed by atoms with van der Waals surface area (Å²) in [4.78, 5) is 46.8. The van der Waals surface area contributed by atoms with Gasteiger partial charge in [0.05, 0.1) is 62.8 Å². The van der Waals surface area contributed by atoms with Crippen LogP contribution in [0.5, 0.6) is 23.0 Å². The number of methoxy groups -OCH3 is 4. The molecule has 0 bridgehead atoms. The summed E-state index contributed by atoms with van der Waals surface area (Å²) in [7, 11) is 4.99. The van der Waals surface area contributed by atoms with Gasteiger partial charge in [-0.2, -0.15) is 10.2 Å². The number of benzene rings is 2. The molecule has 0 radical (unpaired) electrons. The van der Waals surface area contributed by atoms with Crippen molar-refractivity contribution < 1.29 is 47.9 Å². The predicted octanol–water partition coefficient (Wildman–Crippen LogP) is 5.19. The molecule has 2 rings (SSSR count). The zero-order valence-corrected chi connectivity index (χ0v) is 26.5. The van der Waals surface area contributed by atoms with Gasteiger partial charge in [-0.25, -0.2) is 9.59 Å². The molecule has 0 amide bonds. The van der Waals surface area contributed by atoms with E-state index in [-0.39, 0.29) is 45.5 Å². The number of hydrogen-bond donors (Lipinski definition) is 0. The molecule has 16 heteroatoms. The first kappa shape index (κ1) is 36.9. The largest absolute Gasteiger partial charge is 0.493 e. The Bertz CT molecular complexity index is 1340. The maximum absolute atomic E-state index is 12.4. The summed E-state index contributed by atoms with van der Waals surface area (Å²) in [6.07, 6.45) is 3.60. The molecular weight excluding hydrogens is 608 g/mol. The second kappa shape index (κ2) is 18.5. The quantitative estimate of drug-likeness (QED) is 0.0837. The van der Waals surface area contributed by atoms with Gasteiger partial charge < -0.3 is 28.4 Å². The van der Waals surface area contributed by atoms with E-state index in [0.717, 1.165) is 49.5 Å². The lowest BCUT2D eigenvalue weighted by Crippen LogP contribution is -2.29. The average molecular weight is 647 g/mol. The fraction of sp³-hybridized carbons (Fsp3) is 0.467. The molecule has 2 aromatic rings. The molecule has 0 aliphatic carbocycles. The van der Waals surface area contributed by atoms with Crippen molar-refractivity contribution in [2.24, 2.45) is 10.2 Å². The molecule has 0 heterocycles. The first-order chi connectivity index (χ1) is 22.0.